The molecule has 1 aliphatic carbocycles. The van der Waals surface area contributed by atoms with E-state index < -0.39 is 0 Å². The van der Waals surface area contributed by atoms with Crippen molar-refractivity contribution >= 4 is 5.91 Å². The normalized spacial score (nSPS) is 21.8. The van der Waals surface area contributed by atoms with Gasteiger partial charge in [0.15, 0.2) is 11.5 Å². The number of carbonyl (C=O) groups excluding carboxylic acids is 1. The predicted molar refractivity (Wildman–Crippen MR) is 82.2 cm³/mol. The zero-order valence-electron chi connectivity index (χ0n) is 12.8. The molecule has 0 radical (unpaired) electrons. The minimum atomic E-state index is -0.0222. The molecule has 0 atom stereocenters. The lowest BCUT2D eigenvalue weighted by Gasteiger charge is -2.23. The third-order valence-corrected chi connectivity index (χ3v) is 4.97. The lowest BCUT2D eigenvalue weighted by molar-refractivity contribution is 0.0939. The van der Waals surface area contributed by atoms with Gasteiger partial charge in [-0.15, -0.1) is 0 Å². The Bertz CT molecular complexity index is 577. The highest BCUT2D eigenvalue weighted by molar-refractivity contribution is 5.95. The first-order valence-electron chi connectivity index (χ1n) is 8.14. The first kappa shape index (κ1) is 13.9. The quantitative estimate of drug-likeness (QED) is 0.904. The van der Waals surface area contributed by atoms with Gasteiger partial charge in [-0.05, 0) is 57.0 Å². The fourth-order valence-corrected chi connectivity index (χ4v) is 3.39. The van der Waals surface area contributed by atoms with Crippen LogP contribution in [0.25, 0.3) is 0 Å². The van der Waals surface area contributed by atoms with Crippen LogP contribution < -0.4 is 14.8 Å². The molecule has 118 valence electrons. The monoisotopic (exact) mass is 302 g/mol. The van der Waals surface area contributed by atoms with Gasteiger partial charge in [0.05, 0.1) is 0 Å². The number of rotatable bonds is 5. The van der Waals surface area contributed by atoms with Gasteiger partial charge in [-0.2, -0.15) is 0 Å². The largest absolute Gasteiger partial charge is 0.454 e. The fourth-order valence-electron chi connectivity index (χ4n) is 3.39. The van der Waals surface area contributed by atoms with E-state index in [0.717, 1.165) is 13.1 Å². The maximum atomic E-state index is 12.3. The van der Waals surface area contributed by atoms with Gasteiger partial charge >= 0.3 is 0 Å². The zero-order chi connectivity index (χ0) is 15.0. The van der Waals surface area contributed by atoms with Crippen molar-refractivity contribution in [3.8, 4) is 11.5 Å². The standard InChI is InChI=1S/C17H22N2O3/c20-16(13-3-4-14-15(9-13)22-12-21-14)18-10-17(5-6-17)11-19-7-1-2-8-19/h3-4,9H,1-2,5-8,10-12H2,(H,18,20). The van der Waals surface area contributed by atoms with Gasteiger partial charge < -0.3 is 19.7 Å². The first-order valence-corrected chi connectivity index (χ1v) is 8.14. The maximum Gasteiger partial charge on any atom is 0.251 e. The molecule has 0 bridgehead atoms. The second kappa shape index (κ2) is 5.47. The van der Waals surface area contributed by atoms with Crippen LogP contribution >= 0.6 is 0 Å². The maximum absolute atomic E-state index is 12.3. The number of hydrogen-bond donors (Lipinski definition) is 1. The molecule has 0 spiro atoms. The molecule has 5 nitrogen and oxygen atoms in total. The van der Waals surface area contributed by atoms with E-state index in [1.807, 2.05) is 0 Å². The Labute approximate surface area is 130 Å². The molecule has 3 aliphatic rings. The average molecular weight is 302 g/mol. The number of ether oxygens (including phenoxy) is 2. The van der Waals surface area contributed by atoms with Crippen LogP contribution in [-0.4, -0.2) is 43.8 Å². The van der Waals surface area contributed by atoms with Gasteiger partial charge in [0.2, 0.25) is 6.79 Å². The van der Waals surface area contributed by atoms with Crippen molar-refractivity contribution in [2.24, 2.45) is 5.41 Å². The molecular weight excluding hydrogens is 280 g/mol. The summed E-state index contributed by atoms with van der Waals surface area (Å²) >= 11 is 0. The Kier molecular flexibility index (Phi) is 3.45. The minimum Gasteiger partial charge on any atom is -0.454 e. The summed E-state index contributed by atoms with van der Waals surface area (Å²) in [6.45, 7) is 4.58. The zero-order valence-corrected chi connectivity index (χ0v) is 12.8. The molecule has 5 heteroatoms. The van der Waals surface area contributed by atoms with E-state index in [2.05, 4.69) is 10.2 Å². The van der Waals surface area contributed by atoms with Crippen molar-refractivity contribution in [2.45, 2.75) is 25.7 Å². The molecule has 22 heavy (non-hydrogen) atoms. The van der Waals surface area contributed by atoms with Gasteiger partial charge in [0.25, 0.3) is 5.91 Å². The molecule has 2 fully saturated rings. The van der Waals surface area contributed by atoms with Gasteiger partial charge in [-0.25, -0.2) is 0 Å². The second-order valence-electron chi connectivity index (χ2n) is 6.73. The molecule has 1 saturated carbocycles. The van der Waals surface area contributed by atoms with E-state index in [-0.39, 0.29) is 12.7 Å². The van der Waals surface area contributed by atoms with Crippen LogP contribution in [0.3, 0.4) is 0 Å². The molecule has 2 heterocycles. The van der Waals surface area contributed by atoms with E-state index in [1.54, 1.807) is 18.2 Å². The lowest BCUT2D eigenvalue weighted by Crippen LogP contribution is -2.37. The summed E-state index contributed by atoms with van der Waals surface area (Å²) in [5.41, 5.74) is 0.956. The summed E-state index contributed by atoms with van der Waals surface area (Å²) in [7, 11) is 0. The highest BCUT2D eigenvalue weighted by Crippen LogP contribution is 2.46. The molecule has 1 aromatic carbocycles. The number of carbonyl (C=O) groups is 1. The molecule has 0 unspecified atom stereocenters. The summed E-state index contributed by atoms with van der Waals surface area (Å²) in [4.78, 5) is 14.9. The summed E-state index contributed by atoms with van der Waals surface area (Å²) in [6, 6.07) is 5.36. The number of amides is 1. The summed E-state index contributed by atoms with van der Waals surface area (Å²) < 4.78 is 10.6. The van der Waals surface area contributed by atoms with Crippen molar-refractivity contribution in [3.05, 3.63) is 23.8 Å². The van der Waals surface area contributed by atoms with E-state index >= 15 is 0 Å². The molecule has 4 rings (SSSR count). The van der Waals surface area contributed by atoms with Crippen molar-refractivity contribution in [1.29, 1.82) is 0 Å². The minimum absolute atomic E-state index is 0.0222. The third kappa shape index (κ3) is 2.77. The Balaban J connectivity index is 1.34. The number of likely N-dealkylation sites (tertiary alicyclic amines) is 1. The second-order valence-corrected chi connectivity index (χ2v) is 6.73. The Morgan fingerprint density at radius 2 is 1.95 bits per heavy atom. The third-order valence-electron chi connectivity index (χ3n) is 4.97. The first-order chi connectivity index (χ1) is 10.7. The molecule has 1 aromatic rings. The van der Waals surface area contributed by atoms with Crippen LogP contribution in [0.2, 0.25) is 0 Å². The molecular formula is C17H22N2O3. The topological polar surface area (TPSA) is 50.8 Å². The van der Waals surface area contributed by atoms with E-state index in [9.17, 15) is 4.79 Å². The molecule has 1 saturated heterocycles. The van der Waals surface area contributed by atoms with Crippen molar-refractivity contribution in [3.63, 3.8) is 0 Å². The smallest absolute Gasteiger partial charge is 0.251 e. The van der Waals surface area contributed by atoms with Crippen LogP contribution in [0.15, 0.2) is 18.2 Å². The molecule has 2 aliphatic heterocycles. The van der Waals surface area contributed by atoms with Crippen LogP contribution in [0.4, 0.5) is 0 Å². The van der Waals surface area contributed by atoms with Crippen LogP contribution in [0.1, 0.15) is 36.0 Å². The SMILES string of the molecule is O=C(NCC1(CN2CCCC2)CC1)c1ccc2c(c1)OCO2. The van der Waals surface area contributed by atoms with Gasteiger partial charge in [-0.1, -0.05) is 0 Å². The molecule has 1 N–H and O–H groups in total. The van der Waals surface area contributed by atoms with Crippen LogP contribution in [-0.2, 0) is 0 Å². The number of fused-ring (bicyclic) bond motifs is 1. The lowest BCUT2D eigenvalue weighted by atomic mass is 10.1. The number of benzene rings is 1. The van der Waals surface area contributed by atoms with E-state index in [1.165, 1.54) is 38.8 Å². The predicted octanol–water partition coefficient (Wildman–Crippen LogP) is 2.02. The van der Waals surface area contributed by atoms with Crippen molar-refractivity contribution < 1.29 is 14.3 Å². The Morgan fingerprint density at radius 3 is 2.73 bits per heavy atom. The Hall–Kier alpha value is -1.75. The van der Waals surface area contributed by atoms with Crippen LogP contribution in [0.5, 0.6) is 11.5 Å². The summed E-state index contributed by atoms with van der Waals surface area (Å²) in [5.74, 6) is 1.35. The highest BCUT2D eigenvalue weighted by Gasteiger charge is 2.44. The molecule has 0 aromatic heterocycles. The van der Waals surface area contributed by atoms with Gasteiger partial charge in [-0.3, -0.25) is 4.79 Å². The van der Waals surface area contributed by atoms with E-state index in [4.69, 9.17) is 9.47 Å². The van der Waals surface area contributed by atoms with E-state index in [0.29, 0.717) is 22.5 Å². The van der Waals surface area contributed by atoms with Crippen LogP contribution in [0, 0.1) is 5.41 Å². The number of nitrogens with zero attached hydrogens (tertiary/aromatic N) is 1. The van der Waals surface area contributed by atoms with Crippen molar-refractivity contribution in [2.75, 3.05) is 33.0 Å². The van der Waals surface area contributed by atoms with Crippen molar-refractivity contribution in [1.82, 2.24) is 10.2 Å². The van der Waals surface area contributed by atoms with Gasteiger partial charge in [0, 0.05) is 24.1 Å². The fraction of sp³-hybridized carbons (Fsp3) is 0.588. The highest BCUT2D eigenvalue weighted by atomic mass is 16.7. The average Bonchev–Trinajstić information content (AvgIpc) is 2.93. The number of nitrogens with one attached hydrogen (secondary N) is 1. The summed E-state index contributed by atoms with van der Waals surface area (Å²) in [5, 5.41) is 3.10. The summed E-state index contributed by atoms with van der Waals surface area (Å²) in [6.07, 6.45) is 5.09. The van der Waals surface area contributed by atoms with Gasteiger partial charge in [0.1, 0.15) is 0 Å². The molecule has 1 amide bonds. The Morgan fingerprint density at radius 1 is 1.18 bits per heavy atom. The number of hydrogen-bond acceptors (Lipinski definition) is 4.